The van der Waals surface area contributed by atoms with Crippen molar-refractivity contribution in [1.29, 1.82) is 0 Å². The van der Waals surface area contributed by atoms with Gasteiger partial charge in [-0.2, -0.15) is 0 Å². The second-order valence-electron chi connectivity index (χ2n) is 2.70. The van der Waals surface area contributed by atoms with Gasteiger partial charge in [0.15, 0.2) is 0 Å². The number of benzene rings is 1. The fraction of sp³-hybridized carbons (Fsp3) is 0.111. The molecule has 60 valence electrons. The summed E-state index contributed by atoms with van der Waals surface area (Å²) >= 11 is 3.47. The summed E-state index contributed by atoms with van der Waals surface area (Å²) in [5, 5.41) is 1.06. The molecule has 0 bridgehead atoms. The van der Waals surface area contributed by atoms with Crippen LogP contribution in [0.3, 0.4) is 0 Å². The summed E-state index contributed by atoms with van der Waals surface area (Å²) in [6, 6.07) is 4.10. The fourth-order valence-electron chi connectivity index (χ4n) is 1.17. The van der Waals surface area contributed by atoms with Gasteiger partial charge in [-0.25, -0.2) is 9.97 Å². The van der Waals surface area contributed by atoms with Crippen molar-refractivity contribution in [3.8, 4) is 0 Å². The standard InChI is InChI=1S/C9H7BrN2/c1-6-2-8(10)7-4-11-5-12-9(7)3-6/h2-5H,1H3. The predicted molar refractivity (Wildman–Crippen MR) is 52.0 cm³/mol. The molecular formula is C9H7BrN2. The van der Waals surface area contributed by atoms with Crippen LogP contribution >= 0.6 is 15.9 Å². The maximum Gasteiger partial charge on any atom is 0.116 e. The molecule has 1 aromatic carbocycles. The van der Waals surface area contributed by atoms with Gasteiger partial charge < -0.3 is 0 Å². The quantitative estimate of drug-likeness (QED) is 0.686. The van der Waals surface area contributed by atoms with Crippen molar-refractivity contribution < 1.29 is 0 Å². The molecule has 2 nitrogen and oxygen atoms in total. The van der Waals surface area contributed by atoms with Crippen molar-refractivity contribution in [3.05, 3.63) is 34.7 Å². The molecule has 0 fully saturated rings. The van der Waals surface area contributed by atoms with E-state index in [0.717, 1.165) is 15.4 Å². The van der Waals surface area contributed by atoms with Crippen molar-refractivity contribution in [2.45, 2.75) is 6.92 Å². The Bertz CT molecular complexity index is 426. The molecule has 12 heavy (non-hydrogen) atoms. The Hall–Kier alpha value is -0.960. The lowest BCUT2D eigenvalue weighted by atomic mass is 10.2. The van der Waals surface area contributed by atoms with Crippen molar-refractivity contribution in [1.82, 2.24) is 9.97 Å². The predicted octanol–water partition coefficient (Wildman–Crippen LogP) is 2.70. The number of fused-ring (bicyclic) bond motifs is 1. The van der Waals surface area contributed by atoms with E-state index in [-0.39, 0.29) is 0 Å². The number of rotatable bonds is 0. The van der Waals surface area contributed by atoms with Crippen LogP contribution in [-0.2, 0) is 0 Å². The topological polar surface area (TPSA) is 25.8 Å². The molecule has 0 aliphatic carbocycles. The van der Waals surface area contributed by atoms with Crippen LogP contribution in [0.15, 0.2) is 29.1 Å². The Morgan fingerprint density at radius 2 is 2.17 bits per heavy atom. The smallest absolute Gasteiger partial charge is 0.116 e. The maximum atomic E-state index is 4.16. The van der Waals surface area contributed by atoms with Gasteiger partial charge in [0.2, 0.25) is 0 Å². The lowest BCUT2D eigenvalue weighted by Crippen LogP contribution is -1.83. The second-order valence-corrected chi connectivity index (χ2v) is 3.56. The summed E-state index contributed by atoms with van der Waals surface area (Å²) < 4.78 is 1.05. The van der Waals surface area contributed by atoms with Crippen LogP contribution in [0.4, 0.5) is 0 Å². The minimum absolute atomic E-state index is 0.983. The molecule has 0 aliphatic rings. The molecule has 0 saturated carbocycles. The highest BCUT2D eigenvalue weighted by molar-refractivity contribution is 9.10. The number of aromatic nitrogens is 2. The summed E-state index contributed by atoms with van der Waals surface area (Å²) in [4.78, 5) is 8.12. The summed E-state index contributed by atoms with van der Waals surface area (Å²) in [5.41, 5.74) is 2.19. The van der Waals surface area contributed by atoms with E-state index in [0.29, 0.717) is 0 Å². The van der Waals surface area contributed by atoms with Crippen molar-refractivity contribution in [2.75, 3.05) is 0 Å². The monoisotopic (exact) mass is 222 g/mol. The molecule has 2 aromatic rings. The highest BCUT2D eigenvalue weighted by atomic mass is 79.9. The third-order valence-corrected chi connectivity index (χ3v) is 2.38. The fourth-order valence-corrected chi connectivity index (χ4v) is 1.84. The molecule has 0 radical (unpaired) electrons. The van der Waals surface area contributed by atoms with Gasteiger partial charge in [-0.15, -0.1) is 0 Å². The lowest BCUT2D eigenvalue weighted by molar-refractivity contribution is 1.22. The summed E-state index contributed by atoms with van der Waals surface area (Å²) in [7, 11) is 0. The molecule has 0 saturated heterocycles. The van der Waals surface area contributed by atoms with Gasteiger partial charge in [0, 0.05) is 16.1 Å². The van der Waals surface area contributed by atoms with E-state index in [9.17, 15) is 0 Å². The van der Waals surface area contributed by atoms with Crippen molar-refractivity contribution in [3.63, 3.8) is 0 Å². The minimum Gasteiger partial charge on any atom is -0.244 e. The normalized spacial score (nSPS) is 10.5. The number of halogens is 1. The average Bonchev–Trinajstić information content (AvgIpc) is 2.04. The van der Waals surface area contributed by atoms with E-state index in [1.807, 2.05) is 19.2 Å². The largest absolute Gasteiger partial charge is 0.244 e. The van der Waals surface area contributed by atoms with Gasteiger partial charge >= 0.3 is 0 Å². The van der Waals surface area contributed by atoms with Gasteiger partial charge in [0.1, 0.15) is 6.33 Å². The molecule has 0 spiro atoms. The van der Waals surface area contributed by atoms with Crippen molar-refractivity contribution in [2.24, 2.45) is 0 Å². The molecule has 3 heteroatoms. The zero-order chi connectivity index (χ0) is 8.55. The van der Waals surface area contributed by atoms with E-state index < -0.39 is 0 Å². The van der Waals surface area contributed by atoms with E-state index >= 15 is 0 Å². The maximum absolute atomic E-state index is 4.16. The number of hydrogen-bond acceptors (Lipinski definition) is 2. The zero-order valence-electron chi connectivity index (χ0n) is 6.58. The number of nitrogens with zero attached hydrogens (tertiary/aromatic N) is 2. The molecule has 1 heterocycles. The van der Waals surface area contributed by atoms with Crippen LogP contribution < -0.4 is 0 Å². The third kappa shape index (κ3) is 1.20. The van der Waals surface area contributed by atoms with Crippen molar-refractivity contribution >= 4 is 26.8 Å². The first-order valence-corrected chi connectivity index (χ1v) is 4.42. The highest BCUT2D eigenvalue weighted by Gasteiger charge is 1.99. The molecule has 0 unspecified atom stereocenters. The molecule has 0 N–H and O–H groups in total. The molecule has 0 amide bonds. The first-order valence-electron chi connectivity index (χ1n) is 3.63. The number of hydrogen-bond donors (Lipinski definition) is 0. The Morgan fingerprint density at radius 3 is 3.00 bits per heavy atom. The van der Waals surface area contributed by atoms with Crippen LogP contribution in [0.2, 0.25) is 0 Å². The first kappa shape index (κ1) is 7.68. The molecule has 0 atom stereocenters. The Balaban J connectivity index is 2.89. The van der Waals surface area contributed by atoms with Gasteiger partial charge in [0.25, 0.3) is 0 Å². The summed E-state index contributed by atoms with van der Waals surface area (Å²) in [6.45, 7) is 2.05. The van der Waals surface area contributed by atoms with Gasteiger partial charge in [0.05, 0.1) is 5.52 Å². The van der Waals surface area contributed by atoms with Crippen LogP contribution in [0.5, 0.6) is 0 Å². The van der Waals surface area contributed by atoms with E-state index in [4.69, 9.17) is 0 Å². The minimum atomic E-state index is 0.983. The van der Waals surface area contributed by atoms with Gasteiger partial charge in [-0.05, 0) is 24.6 Å². The van der Waals surface area contributed by atoms with Crippen LogP contribution in [0.25, 0.3) is 10.9 Å². The highest BCUT2D eigenvalue weighted by Crippen LogP contribution is 2.22. The summed E-state index contributed by atoms with van der Waals surface area (Å²) in [6.07, 6.45) is 3.38. The Kier molecular flexibility index (Phi) is 1.81. The molecule has 0 aliphatic heterocycles. The SMILES string of the molecule is Cc1cc(Br)c2cncnc2c1. The Morgan fingerprint density at radius 1 is 1.33 bits per heavy atom. The lowest BCUT2D eigenvalue weighted by Gasteiger charge is -1.99. The zero-order valence-corrected chi connectivity index (χ0v) is 8.17. The first-order chi connectivity index (χ1) is 5.77. The van der Waals surface area contributed by atoms with Crippen LogP contribution in [0, 0.1) is 6.92 Å². The third-order valence-electron chi connectivity index (χ3n) is 1.72. The molecule has 1 aromatic heterocycles. The van der Waals surface area contributed by atoms with E-state index in [1.54, 1.807) is 6.33 Å². The van der Waals surface area contributed by atoms with E-state index in [2.05, 4.69) is 32.0 Å². The molecular weight excluding hydrogens is 216 g/mol. The Labute approximate surface area is 78.8 Å². The second kappa shape index (κ2) is 2.83. The van der Waals surface area contributed by atoms with Crippen LogP contribution in [-0.4, -0.2) is 9.97 Å². The average molecular weight is 223 g/mol. The molecule has 2 rings (SSSR count). The van der Waals surface area contributed by atoms with Gasteiger partial charge in [-0.3, -0.25) is 0 Å². The van der Waals surface area contributed by atoms with Gasteiger partial charge in [-0.1, -0.05) is 15.9 Å². The summed E-state index contributed by atoms with van der Waals surface area (Å²) in [5.74, 6) is 0. The van der Waals surface area contributed by atoms with Crippen LogP contribution in [0.1, 0.15) is 5.56 Å². The van der Waals surface area contributed by atoms with E-state index in [1.165, 1.54) is 5.56 Å². The number of aryl methyl sites for hydroxylation is 1.